The van der Waals surface area contributed by atoms with Gasteiger partial charge in [0.25, 0.3) is 0 Å². The van der Waals surface area contributed by atoms with E-state index in [2.05, 4.69) is 15.5 Å². The second kappa shape index (κ2) is 6.87. The first-order valence-electron chi connectivity index (χ1n) is 7.45. The summed E-state index contributed by atoms with van der Waals surface area (Å²) in [5, 5.41) is 10.5. The Balaban J connectivity index is 1.58. The number of carbonyl (C=O) groups excluding carboxylic acids is 1. The van der Waals surface area contributed by atoms with Gasteiger partial charge >= 0.3 is 6.01 Å². The molecular weight excluding hydrogens is 290 g/mol. The first-order valence-corrected chi connectivity index (χ1v) is 7.45. The third kappa shape index (κ3) is 4.03. The lowest BCUT2D eigenvalue weighted by molar-refractivity contribution is -0.116. The van der Waals surface area contributed by atoms with Gasteiger partial charge in [0.15, 0.2) is 0 Å². The molecule has 1 aromatic heterocycles. The van der Waals surface area contributed by atoms with E-state index < -0.39 is 0 Å². The molecule has 1 heterocycles. The fourth-order valence-electron chi connectivity index (χ4n) is 2.17. The van der Waals surface area contributed by atoms with E-state index in [1.807, 2.05) is 61.5 Å². The Bertz CT molecular complexity index is 780. The third-order valence-corrected chi connectivity index (χ3v) is 3.45. The quantitative estimate of drug-likeness (QED) is 0.781. The largest absolute Gasteiger partial charge is 0.403 e. The number of hydrogen-bond acceptors (Lipinski definition) is 4. The van der Waals surface area contributed by atoms with E-state index in [0.29, 0.717) is 18.7 Å². The van der Waals surface area contributed by atoms with Crippen LogP contribution in [0, 0.1) is 6.92 Å². The number of aromatic nitrogens is 2. The molecule has 0 bridgehead atoms. The maximum Gasteiger partial charge on any atom is 0.322 e. The van der Waals surface area contributed by atoms with Crippen LogP contribution in [0.5, 0.6) is 0 Å². The molecule has 0 aliphatic heterocycles. The molecule has 0 radical (unpaired) electrons. The molecule has 0 fully saturated rings. The Labute approximate surface area is 134 Å². The molecule has 0 aliphatic carbocycles. The molecule has 3 aromatic rings. The number of anilines is 1. The van der Waals surface area contributed by atoms with Crippen LogP contribution in [-0.4, -0.2) is 16.1 Å². The monoisotopic (exact) mass is 307 g/mol. The van der Waals surface area contributed by atoms with Crippen molar-refractivity contribution in [1.29, 1.82) is 0 Å². The number of aryl methyl sites for hydroxylation is 2. The van der Waals surface area contributed by atoms with E-state index in [-0.39, 0.29) is 11.9 Å². The van der Waals surface area contributed by atoms with Crippen LogP contribution in [-0.2, 0) is 11.2 Å². The molecule has 23 heavy (non-hydrogen) atoms. The SMILES string of the molecule is Cc1ccc(-c2nnc(NC(=O)CCc3ccccc3)o2)cc1. The van der Waals surface area contributed by atoms with Crippen molar-refractivity contribution in [1.82, 2.24) is 10.2 Å². The molecule has 1 amide bonds. The van der Waals surface area contributed by atoms with E-state index in [4.69, 9.17) is 4.42 Å². The van der Waals surface area contributed by atoms with Gasteiger partial charge in [-0.1, -0.05) is 53.1 Å². The highest BCUT2D eigenvalue weighted by Crippen LogP contribution is 2.20. The zero-order valence-electron chi connectivity index (χ0n) is 12.8. The standard InChI is InChI=1S/C18H17N3O2/c1-13-7-10-15(11-8-13)17-20-21-18(23-17)19-16(22)12-9-14-5-3-2-4-6-14/h2-8,10-11H,9,12H2,1H3,(H,19,21,22). The predicted octanol–water partition coefficient (Wildman–Crippen LogP) is 3.62. The number of nitrogens with zero attached hydrogens (tertiary/aromatic N) is 2. The van der Waals surface area contributed by atoms with Crippen LogP contribution in [0.4, 0.5) is 6.01 Å². The number of hydrogen-bond donors (Lipinski definition) is 1. The van der Waals surface area contributed by atoms with Gasteiger partial charge in [-0.3, -0.25) is 10.1 Å². The first kappa shape index (κ1) is 15.0. The topological polar surface area (TPSA) is 68.0 Å². The molecular formula is C18H17N3O2. The Morgan fingerprint density at radius 1 is 1.04 bits per heavy atom. The van der Waals surface area contributed by atoms with Gasteiger partial charge in [-0.25, -0.2) is 0 Å². The van der Waals surface area contributed by atoms with Crippen LogP contribution in [0.25, 0.3) is 11.5 Å². The van der Waals surface area contributed by atoms with E-state index in [0.717, 1.165) is 16.7 Å². The molecule has 0 atom stereocenters. The number of benzene rings is 2. The molecule has 5 heteroatoms. The minimum Gasteiger partial charge on any atom is -0.403 e. The van der Waals surface area contributed by atoms with Crippen molar-refractivity contribution in [3.8, 4) is 11.5 Å². The summed E-state index contributed by atoms with van der Waals surface area (Å²) >= 11 is 0. The normalized spacial score (nSPS) is 10.5. The maximum absolute atomic E-state index is 11.9. The third-order valence-electron chi connectivity index (χ3n) is 3.45. The van der Waals surface area contributed by atoms with Crippen molar-refractivity contribution >= 4 is 11.9 Å². The van der Waals surface area contributed by atoms with Gasteiger partial charge in [0.1, 0.15) is 0 Å². The van der Waals surface area contributed by atoms with Crippen LogP contribution >= 0.6 is 0 Å². The zero-order valence-corrected chi connectivity index (χ0v) is 12.8. The maximum atomic E-state index is 11.9. The summed E-state index contributed by atoms with van der Waals surface area (Å²) < 4.78 is 5.48. The van der Waals surface area contributed by atoms with Crippen molar-refractivity contribution in [2.75, 3.05) is 5.32 Å². The smallest absolute Gasteiger partial charge is 0.322 e. The second-order valence-electron chi connectivity index (χ2n) is 5.31. The highest BCUT2D eigenvalue weighted by molar-refractivity contribution is 5.88. The fourth-order valence-corrected chi connectivity index (χ4v) is 2.17. The molecule has 2 aromatic carbocycles. The van der Waals surface area contributed by atoms with Gasteiger partial charge in [-0.15, -0.1) is 5.10 Å². The lowest BCUT2D eigenvalue weighted by atomic mass is 10.1. The van der Waals surface area contributed by atoms with Gasteiger partial charge in [-0.2, -0.15) is 0 Å². The minimum atomic E-state index is -0.145. The van der Waals surface area contributed by atoms with Crippen LogP contribution < -0.4 is 5.32 Å². The van der Waals surface area contributed by atoms with Crippen LogP contribution in [0.3, 0.4) is 0 Å². The molecule has 116 valence electrons. The van der Waals surface area contributed by atoms with Crippen molar-refractivity contribution in [2.24, 2.45) is 0 Å². The Kier molecular flexibility index (Phi) is 4.47. The minimum absolute atomic E-state index is 0.124. The number of nitrogens with one attached hydrogen (secondary N) is 1. The van der Waals surface area contributed by atoms with Crippen molar-refractivity contribution < 1.29 is 9.21 Å². The highest BCUT2D eigenvalue weighted by Gasteiger charge is 2.11. The summed E-state index contributed by atoms with van der Waals surface area (Å²) in [4.78, 5) is 11.9. The van der Waals surface area contributed by atoms with E-state index in [1.54, 1.807) is 0 Å². The average molecular weight is 307 g/mol. The summed E-state index contributed by atoms with van der Waals surface area (Å²) in [6.07, 6.45) is 1.04. The van der Waals surface area contributed by atoms with Crippen LogP contribution in [0.2, 0.25) is 0 Å². The molecule has 0 unspecified atom stereocenters. The summed E-state index contributed by atoms with van der Waals surface area (Å²) in [7, 11) is 0. The molecule has 0 saturated heterocycles. The average Bonchev–Trinajstić information content (AvgIpc) is 3.03. The molecule has 0 spiro atoms. The summed E-state index contributed by atoms with van der Waals surface area (Å²) in [6.45, 7) is 2.01. The van der Waals surface area contributed by atoms with Crippen LogP contribution in [0.15, 0.2) is 59.0 Å². The molecule has 0 aliphatic rings. The van der Waals surface area contributed by atoms with Crippen molar-refractivity contribution in [3.05, 3.63) is 65.7 Å². The summed E-state index contributed by atoms with van der Waals surface area (Å²) in [5.41, 5.74) is 3.10. The Hall–Kier alpha value is -2.95. The van der Waals surface area contributed by atoms with E-state index >= 15 is 0 Å². The molecule has 3 rings (SSSR count). The predicted molar refractivity (Wildman–Crippen MR) is 87.9 cm³/mol. The van der Waals surface area contributed by atoms with Gasteiger partial charge in [0.05, 0.1) is 0 Å². The Morgan fingerprint density at radius 3 is 2.52 bits per heavy atom. The lowest BCUT2D eigenvalue weighted by Gasteiger charge is -2.01. The number of rotatable bonds is 5. The summed E-state index contributed by atoms with van der Waals surface area (Å²) in [5.74, 6) is 0.247. The van der Waals surface area contributed by atoms with Crippen molar-refractivity contribution in [2.45, 2.75) is 19.8 Å². The van der Waals surface area contributed by atoms with Gasteiger partial charge in [0.2, 0.25) is 11.8 Å². The number of amides is 1. The zero-order chi connectivity index (χ0) is 16.1. The lowest BCUT2D eigenvalue weighted by Crippen LogP contribution is -2.12. The Morgan fingerprint density at radius 2 is 1.78 bits per heavy atom. The summed E-state index contributed by atoms with van der Waals surface area (Å²) in [6, 6.07) is 17.7. The first-order chi connectivity index (χ1) is 11.2. The molecule has 1 N–H and O–H groups in total. The van der Waals surface area contributed by atoms with Gasteiger partial charge in [0, 0.05) is 12.0 Å². The number of carbonyl (C=O) groups is 1. The van der Waals surface area contributed by atoms with Gasteiger partial charge < -0.3 is 4.42 Å². The van der Waals surface area contributed by atoms with E-state index in [1.165, 1.54) is 0 Å². The van der Waals surface area contributed by atoms with Crippen LogP contribution in [0.1, 0.15) is 17.5 Å². The van der Waals surface area contributed by atoms with Crippen molar-refractivity contribution in [3.63, 3.8) is 0 Å². The molecule has 0 saturated carbocycles. The second-order valence-corrected chi connectivity index (χ2v) is 5.31. The van der Waals surface area contributed by atoms with E-state index in [9.17, 15) is 4.79 Å². The molecule has 5 nitrogen and oxygen atoms in total. The van der Waals surface area contributed by atoms with Gasteiger partial charge in [-0.05, 0) is 31.0 Å². The fraction of sp³-hybridized carbons (Fsp3) is 0.167. The highest BCUT2D eigenvalue weighted by atomic mass is 16.4.